The van der Waals surface area contributed by atoms with Crippen LogP contribution in [-0.4, -0.2) is 46.4 Å². The highest BCUT2D eigenvalue weighted by Gasteiger charge is 2.10. The van der Waals surface area contributed by atoms with Crippen molar-refractivity contribution in [2.45, 2.75) is 0 Å². The van der Waals surface area contributed by atoms with Crippen LogP contribution in [0, 0.1) is 0 Å². The number of hydrazone groups is 1. The molecule has 0 unspecified atom stereocenters. The number of rotatable bonds is 7. The van der Waals surface area contributed by atoms with Crippen LogP contribution < -0.4 is 10.7 Å². The first-order valence-corrected chi connectivity index (χ1v) is 8.80. The van der Waals surface area contributed by atoms with Gasteiger partial charge < -0.3 is 10.1 Å². The van der Waals surface area contributed by atoms with E-state index in [1.807, 2.05) is 53.3 Å². The van der Waals surface area contributed by atoms with Crippen molar-refractivity contribution < 1.29 is 4.74 Å². The minimum absolute atomic E-state index is 0.434. The Balaban J connectivity index is 1.81. The highest BCUT2D eigenvalue weighted by atomic mass is 32.1. The Morgan fingerprint density at radius 1 is 1.22 bits per heavy atom. The molecule has 8 heteroatoms. The lowest BCUT2D eigenvalue weighted by molar-refractivity contribution is 0.204. The lowest BCUT2D eigenvalue weighted by atomic mass is 10.1. The van der Waals surface area contributed by atoms with Crippen LogP contribution in [0.25, 0.3) is 16.9 Å². The van der Waals surface area contributed by atoms with Gasteiger partial charge in [-0.1, -0.05) is 18.2 Å². The van der Waals surface area contributed by atoms with E-state index in [0.29, 0.717) is 18.3 Å². The molecular formula is C19H20N6OS. The molecule has 0 aliphatic rings. The molecule has 138 valence electrons. The van der Waals surface area contributed by atoms with E-state index < -0.39 is 0 Å². The largest absolute Gasteiger partial charge is 0.383 e. The number of para-hydroxylation sites is 1. The third-order valence-corrected chi connectivity index (χ3v) is 3.91. The fourth-order valence-corrected chi connectivity index (χ4v) is 2.55. The lowest BCUT2D eigenvalue weighted by Gasteiger charge is -2.05. The Kier molecular flexibility index (Phi) is 6.61. The van der Waals surface area contributed by atoms with Gasteiger partial charge in [0.2, 0.25) is 0 Å². The molecule has 2 heterocycles. The maximum absolute atomic E-state index is 5.17. The Morgan fingerprint density at radius 2 is 2.00 bits per heavy atom. The number of aromatic nitrogens is 3. The normalized spacial score (nSPS) is 10.9. The molecule has 0 amide bonds. The Hall–Kier alpha value is -3.10. The Labute approximate surface area is 163 Å². The van der Waals surface area contributed by atoms with Gasteiger partial charge in [0, 0.05) is 43.4 Å². The van der Waals surface area contributed by atoms with E-state index in [-0.39, 0.29) is 0 Å². The predicted molar refractivity (Wildman–Crippen MR) is 110 cm³/mol. The second-order valence-corrected chi connectivity index (χ2v) is 5.98. The molecule has 0 spiro atoms. The molecule has 1 aromatic carbocycles. The zero-order chi connectivity index (χ0) is 18.9. The summed E-state index contributed by atoms with van der Waals surface area (Å²) in [6, 6.07) is 13.7. The minimum atomic E-state index is 0.434. The first kappa shape index (κ1) is 18.7. The van der Waals surface area contributed by atoms with E-state index in [1.54, 1.807) is 25.7 Å². The number of nitrogens with zero attached hydrogens (tertiary/aromatic N) is 4. The average molecular weight is 380 g/mol. The topological polar surface area (TPSA) is 76.4 Å². The van der Waals surface area contributed by atoms with Crippen LogP contribution in [0.4, 0.5) is 0 Å². The highest BCUT2D eigenvalue weighted by Crippen LogP contribution is 2.21. The van der Waals surface area contributed by atoms with E-state index in [4.69, 9.17) is 22.1 Å². The molecule has 3 rings (SSSR count). The number of nitrogens with one attached hydrogen (secondary N) is 2. The molecular weight excluding hydrogens is 360 g/mol. The van der Waals surface area contributed by atoms with Gasteiger partial charge in [-0.2, -0.15) is 10.2 Å². The summed E-state index contributed by atoms with van der Waals surface area (Å²) in [7, 11) is 1.64. The van der Waals surface area contributed by atoms with E-state index in [9.17, 15) is 0 Å². The van der Waals surface area contributed by atoms with Crippen molar-refractivity contribution in [3.63, 3.8) is 0 Å². The van der Waals surface area contributed by atoms with Crippen LogP contribution in [0.1, 0.15) is 5.56 Å². The molecule has 0 aliphatic carbocycles. The van der Waals surface area contributed by atoms with Gasteiger partial charge in [-0.3, -0.25) is 10.4 Å². The minimum Gasteiger partial charge on any atom is -0.383 e. The van der Waals surface area contributed by atoms with E-state index >= 15 is 0 Å². The van der Waals surface area contributed by atoms with Crippen molar-refractivity contribution >= 4 is 23.5 Å². The maximum atomic E-state index is 5.17. The van der Waals surface area contributed by atoms with E-state index in [0.717, 1.165) is 22.5 Å². The fourth-order valence-electron chi connectivity index (χ4n) is 2.40. The first-order chi connectivity index (χ1) is 13.3. The number of benzene rings is 1. The van der Waals surface area contributed by atoms with Crippen LogP contribution in [0.3, 0.4) is 0 Å². The molecule has 0 atom stereocenters. The van der Waals surface area contributed by atoms with Gasteiger partial charge in [0.15, 0.2) is 5.11 Å². The summed E-state index contributed by atoms with van der Waals surface area (Å²) in [5.74, 6) is 0. The zero-order valence-electron chi connectivity index (χ0n) is 14.9. The Morgan fingerprint density at radius 3 is 2.74 bits per heavy atom. The summed E-state index contributed by atoms with van der Waals surface area (Å²) in [4.78, 5) is 4.07. The monoisotopic (exact) mass is 380 g/mol. The summed E-state index contributed by atoms with van der Waals surface area (Å²) >= 11 is 5.17. The SMILES string of the molecule is COCCNC(=S)N/N=C\c1cn(-c2ccccc2)nc1-c1ccncc1. The quantitative estimate of drug-likeness (QED) is 0.284. The number of pyridine rings is 1. The third kappa shape index (κ3) is 5.19. The highest BCUT2D eigenvalue weighted by molar-refractivity contribution is 7.80. The number of hydrogen-bond acceptors (Lipinski definition) is 5. The van der Waals surface area contributed by atoms with Crippen molar-refractivity contribution in [2.24, 2.45) is 5.10 Å². The van der Waals surface area contributed by atoms with Crippen molar-refractivity contribution in [3.05, 3.63) is 66.6 Å². The molecule has 2 aromatic heterocycles. The van der Waals surface area contributed by atoms with Crippen molar-refractivity contribution in [3.8, 4) is 16.9 Å². The molecule has 0 radical (unpaired) electrons. The second kappa shape index (κ2) is 9.56. The van der Waals surface area contributed by atoms with Crippen LogP contribution in [0.2, 0.25) is 0 Å². The predicted octanol–water partition coefficient (Wildman–Crippen LogP) is 2.38. The van der Waals surface area contributed by atoms with Crippen LogP contribution in [-0.2, 0) is 4.74 Å². The molecule has 0 bridgehead atoms. The van der Waals surface area contributed by atoms with Crippen LogP contribution in [0.15, 0.2) is 66.2 Å². The summed E-state index contributed by atoms with van der Waals surface area (Å²) < 4.78 is 6.80. The van der Waals surface area contributed by atoms with Crippen LogP contribution in [0.5, 0.6) is 0 Å². The van der Waals surface area contributed by atoms with Crippen LogP contribution >= 0.6 is 12.2 Å². The Bertz CT molecular complexity index is 895. The van der Waals surface area contributed by atoms with Crippen molar-refractivity contribution in [1.29, 1.82) is 0 Å². The number of thiocarbonyl (C=S) groups is 1. The van der Waals surface area contributed by atoms with Gasteiger partial charge in [0.1, 0.15) is 5.69 Å². The number of hydrogen-bond donors (Lipinski definition) is 2. The second-order valence-electron chi connectivity index (χ2n) is 5.57. The smallest absolute Gasteiger partial charge is 0.187 e. The van der Waals surface area contributed by atoms with Gasteiger partial charge in [0.25, 0.3) is 0 Å². The summed E-state index contributed by atoms with van der Waals surface area (Å²) in [6.45, 7) is 1.19. The van der Waals surface area contributed by atoms with Gasteiger partial charge in [-0.05, 0) is 36.5 Å². The molecule has 27 heavy (non-hydrogen) atoms. The maximum Gasteiger partial charge on any atom is 0.187 e. The standard InChI is InChI=1S/C19H20N6OS/c1-26-12-11-21-19(27)23-22-13-16-14-25(17-5-3-2-4-6-17)24-18(16)15-7-9-20-10-8-15/h2-10,13-14H,11-12H2,1H3,(H2,21,23,27)/b22-13-. The average Bonchev–Trinajstić information content (AvgIpc) is 3.14. The fraction of sp³-hybridized carbons (Fsp3) is 0.158. The summed E-state index contributed by atoms with van der Waals surface area (Å²) in [5, 5.41) is 12.4. The van der Waals surface area contributed by atoms with Gasteiger partial charge in [0.05, 0.1) is 18.5 Å². The summed E-state index contributed by atoms with van der Waals surface area (Å²) in [6.07, 6.45) is 7.11. The third-order valence-electron chi connectivity index (χ3n) is 3.68. The molecule has 0 saturated heterocycles. The lowest BCUT2D eigenvalue weighted by Crippen LogP contribution is -2.34. The first-order valence-electron chi connectivity index (χ1n) is 8.39. The molecule has 0 saturated carbocycles. The van der Waals surface area contributed by atoms with E-state index in [1.165, 1.54) is 0 Å². The molecule has 0 aliphatic heterocycles. The molecule has 7 nitrogen and oxygen atoms in total. The van der Waals surface area contributed by atoms with Gasteiger partial charge in [-0.15, -0.1) is 0 Å². The van der Waals surface area contributed by atoms with Crippen molar-refractivity contribution in [1.82, 2.24) is 25.5 Å². The molecule has 3 aromatic rings. The summed E-state index contributed by atoms with van der Waals surface area (Å²) in [5.41, 5.74) is 6.40. The van der Waals surface area contributed by atoms with Gasteiger partial charge >= 0.3 is 0 Å². The number of methoxy groups -OCH3 is 1. The number of ether oxygens (including phenoxy) is 1. The zero-order valence-corrected chi connectivity index (χ0v) is 15.7. The molecule has 2 N–H and O–H groups in total. The van der Waals surface area contributed by atoms with E-state index in [2.05, 4.69) is 20.8 Å². The van der Waals surface area contributed by atoms with Gasteiger partial charge in [-0.25, -0.2) is 4.68 Å². The molecule has 0 fully saturated rings. The van der Waals surface area contributed by atoms with Crippen molar-refractivity contribution in [2.75, 3.05) is 20.3 Å².